The fraction of sp³-hybridized carbons (Fsp3) is 0.793. The Kier molecular flexibility index (Phi) is 9.17. The van der Waals surface area contributed by atoms with Crippen LogP contribution in [-0.2, 0) is 10.8 Å². The molecule has 3 aliphatic carbocycles. The van der Waals surface area contributed by atoms with Gasteiger partial charge in [0, 0.05) is 0 Å². The van der Waals surface area contributed by atoms with Gasteiger partial charge in [0.05, 0.1) is 0 Å². The van der Waals surface area contributed by atoms with E-state index < -0.39 is 29.7 Å². The fourth-order valence-electron chi connectivity index (χ4n) is 7.67. The summed E-state index contributed by atoms with van der Waals surface area (Å²) < 4.78 is 95.8. The van der Waals surface area contributed by atoms with E-state index in [0.29, 0.717) is 24.7 Å². The maximum Gasteiger partial charge on any atom is 0.527 e. The van der Waals surface area contributed by atoms with E-state index in [1.54, 1.807) is 0 Å². The van der Waals surface area contributed by atoms with Crippen LogP contribution in [0.3, 0.4) is 0 Å². The number of hydrogen-bond acceptors (Lipinski definition) is 1. The van der Waals surface area contributed by atoms with Crippen molar-refractivity contribution < 1.29 is 35.5 Å². The monoisotopic (exact) mass is 536 g/mol. The summed E-state index contributed by atoms with van der Waals surface area (Å²) in [6.07, 6.45) is 5.59. The Hall–Kier alpha value is -1.31. The van der Waals surface area contributed by atoms with Gasteiger partial charge < -0.3 is 0 Å². The molecule has 0 saturated heterocycles. The molecule has 0 bridgehead atoms. The van der Waals surface area contributed by atoms with E-state index in [9.17, 15) is 30.7 Å². The van der Waals surface area contributed by atoms with E-state index >= 15 is 0 Å². The second-order valence-electron chi connectivity index (χ2n) is 11.8. The summed E-state index contributed by atoms with van der Waals surface area (Å²) >= 11 is 0. The lowest BCUT2D eigenvalue weighted by Gasteiger charge is -2.41. The predicted molar refractivity (Wildman–Crippen MR) is 128 cm³/mol. The van der Waals surface area contributed by atoms with Crippen molar-refractivity contribution in [1.29, 1.82) is 0 Å². The Morgan fingerprint density at radius 1 is 0.676 bits per heavy atom. The molecule has 3 aliphatic rings. The summed E-state index contributed by atoms with van der Waals surface area (Å²) in [5.41, 5.74) is -1.78. The Morgan fingerprint density at radius 2 is 1.08 bits per heavy atom. The molecule has 1 aromatic carbocycles. The third-order valence-corrected chi connectivity index (χ3v) is 9.58. The van der Waals surface area contributed by atoms with Crippen LogP contribution in [0.15, 0.2) is 12.1 Å². The minimum Gasteiger partial charge on any atom is -0.222 e. The van der Waals surface area contributed by atoms with Crippen LogP contribution in [0.5, 0.6) is 0 Å². The lowest BCUT2D eigenvalue weighted by atomic mass is 9.64. The molecule has 0 spiro atoms. The average molecular weight is 537 g/mol. The highest BCUT2D eigenvalue weighted by atomic mass is 19.4. The smallest absolute Gasteiger partial charge is 0.222 e. The molecule has 0 atom stereocenters. The van der Waals surface area contributed by atoms with Crippen molar-refractivity contribution in [1.82, 2.24) is 0 Å². The Bertz CT molecular complexity index is 852. The molecule has 3 fully saturated rings. The standard InChI is InChI=1S/C29H39F7O/c1-2-3-18-4-6-19(7-5-18)20-8-10-21(11-9-20)22-12-14-23(15-13-22)24-16-25(30)27(26(31)17-24)28(32,33)37-29(34,35)36/h16-23H,2-15H2,1H3. The highest BCUT2D eigenvalue weighted by Crippen LogP contribution is 2.48. The van der Waals surface area contributed by atoms with Gasteiger partial charge in [-0.2, -0.15) is 8.78 Å². The first-order valence-electron chi connectivity index (χ1n) is 14.1. The molecule has 0 aromatic heterocycles. The topological polar surface area (TPSA) is 9.23 Å². The lowest BCUT2D eigenvalue weighted by molar-refractivity contribution is -0.432. The van der Waals surface area contributed by atoms with Crippen LogP contribution < -0.4 is 0 Å². The van der Waals surface area contributed by atoms with Gasteiger partial charge >= 0.3 is 12.5 Å². The zero-order chi connectivity index (χ0) is 26.8. The van der Waals surface area contributed by atoms with Crippen LogP contribution in [0.25, 0.3) is 0 Å². The van der Waals surface area contributed by atoms with E-state index in [1.807, 2.05) is 0 Å². The third-order valence-electron chi connectivity index (χ3n) is 9.58. The predicted octanol–water partition coefficient (Wildman–Crippen LogP) is 10.2. The van der Waals surface area contributed by atoms with Gasteiger partial charge in [0.1, 0.15) is 17.2 Å². The van der Waals surface area contributed by atoms with Crippen LogP contribution in [0.1, 0.15) is 114 Å². The minimum atomic E-state index is -5.73. The summed E-state index contributed by atoms with van der Waals surface area (Å²) in [7, 11) is 0. The summed E-state index contributed by atoms with van der Waals surface area (Å²) in [5, 5.41) is 0. The van der Waals surface area contributed by atoms with Crippen LogP contribution >= 0.6 is 0 Å². The number of halogens is 7. The largest absolute Gasteiger partial charge is 0.527 e. The van der Waals surface area contributed by atoms with Gasteiger partial charge in [0.25, 0.3) is 0 Å². The third kappa shape index (κ3) is 7.21. The molecule has 37 heavy (non-hydrogen) atoms. The van der Waals surface area contributed by atoms with E-state index in [4.69, 9.17) is 0 Å². The van der Waals surface area contributed by atoms with Crippen molar-refractivity contribution in [3.63, 3.8) is 0 Å². The van der Waals surface area contributed by atoms with Crippen LogP contribution in [0.4, 0.5) is 30.7 Å². The molecule has 0 unspecified atom stereocenters. The Balaban J connectivity index is 1.28. The molecule has 1 aromatic rings. The zero-order valence-corrected chi connectivity index (χ0v) is 21.6. The molecular formula is C29H39F7O. The van der Waals surface area contributed by atoms with E-state index in [1.165, 1.54) is 64.2 Å². The summed E-state index contributed by atoms with van der Waals surface area (Å²) in [5.74, 6) is 0.266. The molecule has 4 rings (SSSR count). The van der Waals surface area contributed by atoms with Gasteiger partial charge in [-0.3, -0.25) is 0 Å². The van der Waals surface area contributed by atoms with Crippen LogP contribution in [0.2, 0.25) is 0 Å². The Labute approximate surface area is 215 Å². The summed E-state index contributed by atoms with van der Waals surface area (Å²) in [4.78, 5) is 0. The molecule has 8 heteroatoms. The lowest BCUT2D eigenvalue weighted by Crippen LogP contribution is -2.30. The summed E-state index contributed by atoms with van der Waals surface area (Å²) in [6.45, 7) is 2.27. The molecule has 1 nitrogen and oxygen atoms in total. The molecule has 210 valence electrons. The van der Waals surface area contributed by atoms with Crippen LogP contribution in [-0.4, -0.2) is 6.36 Å². The minimum absolute atomic E-state index is 0.193. The van der Waals surface area contributed by atoms with Crippen LogP contribution in [0, 0.1) is 41.2 Å². The van der Waals surface area contributed by atoms with Crippen molar-refractivity contribution in [3.8, 4) is 0 Å². The number of rotatable bonds is 7. The van der Waals surface area contributed by atoms with Crippen molar-refractivity contribution in [2.45, 2.75) is 115 Å². The normalized spacial score (nSPS) is 31.9. The molecule has 0 N–H and O–H groups in total. The quantitative estimate of drug-likeness (QED) is 0.315. The van der Waals surface area contributed by atoms with Gasteiger partial charge in [-0.1, -0.05) is 32.6 Å². The second kappa shape index (κ2) is 11.8. The van der Waals surface area contributed by atoms with Gasteiger partial charge in [0.2, 0.25) is 0 Å². The molecule has 0 amide bonds. The SMILES string of the molecule is CCCC1CCC(C2CCC(C3CCC(c4cc(F)c(C(F)(F)OC(F)(F)F)c(F)c4)CC3)CC2)CC1. The maximum absolute atomic E-state index is 14.4. The average Bonchev–Trinajstić information content (AvgIpc) is 2.83. The number of benzene rings is 1. The number of ether oxygens (including phenoxy) is 1. The maximum atomic E-state index is 14.4. The molecular weight excluding hydrogens is 497 g/mol. The van der Waals surface area contributed by atoms with Gasteiger partial charge in [-0.05, 0) is 117 Å². The molecule has 0 radical (unpaired) electrons. The van der Waals surface area contributed by atoms with Gasteiger partial charge in [0.15, 0.2) is 0 Å². The number of hydrogen-bond donors (Lipinski definition) is 0. The zero-order valence-electron chi connectivity index (χ0n) is 21.6. The van der Waals surface area contributed by atoms with Gasteiger partial charge in [-0.15, -0.1) is 13.2 Å². The highest BCUT2D eigenvalue weighted by molar-refractivity contribution is 5.31. The fourth-order valence-corrected chi connectivity index (χ4v) is 7.67. The van der Waals surface area contributed by atoms with Crippen molar-refractivity contribution >= 4 is 0 Å². The second-order valence-corrected chi connectivity index (χ2v) is 11.8. The molecule has 0 heterocycles. The van der Waals surface area contributed by atoms with Crippen molar-refractivity contribution in [2.24, 2.45) is 29.6 Å². The Morgan fingerprint density at radius 3 is 1.49 bits per heavy atom. The summed E-state index contributed by atoms with van der Waals surface area (Å²) in [6, 6.07) is 1.50. The van der Waals surface area contributed by atoms with Crippen molar-refractivity contribution in [3.05, 3.63) is 34.9 Å². The van der Waals surface area contributed by atoms with E-state index in [2.05, 4.69) is 11.7 Å². The first kappa shape index (κ1) is 28.7. The first-order valence-corrected chi connectivity index (χ1v) is 14.1. The van der Waals surface area contributed by atoms with E-state index in [-0.39, 0.29) is 11.5 Å². The van der Waals surface area contributed by atoms with E-state index in [0.717, 1.165) is 42.7 Å². The molecule has 0 aliphatic heterocycles. The first-order chi connectivity index (χ1) is 17.5. The number of alkyl halides is 5. The van der Waals surface area contributed by atoms with Crippen molar-refractivity contribution in [2.75, 3.05) is 0 Å². The van der Waals surface area contributed by atoms with Gasteiger partial charge in [-0.25, -0.2) is 13.5 Å². The molecule has 3 saturated carbocycles. The highest BCUT2D eigenvalue weighted by Gasteiger charge is 2.49.